The van der Waals surface area contributed by atoms with Crippen molar-refractivity contribution < 1.29 is 18.0 Å². The molecule has 0 saturated heterocycles. The van der Waals surface area contributed by atoms with Crippen molar-refractivity contribution in [3.8, 4) is 11.8 Å². The zero-order chi connectivity index (χ0) is 15.2. The first-order valence-corrected chi connectivity index (χ1v) is 5.81. The molecule has 0 spiro atoms. The summed E-state index contributed by atoms with van der Waals surface area (Å²) >= 11 is 0. The Morgan fingerprint density at radius 1 is 1.50 bits per heavy atom. The van der Waals surface area contributed by atoms with Gasteiger partial charge >= 0.3 is 6.18 Å². The van der Waals surface area contributed by atoms with E-state index in [4.69, 9.17) is 5.73 Å². The Morgan fingerprint density at radius 2 is 2.20 bits per heavy atom. The average molecular weight is 285 g/mol. The third-order valence-corrected chi connectivity index (χ3v) is 2.41. The van der Waals surface area contributed by atoms with E-state index in [9.17, 15) is 18.0 Å². The monoisotopic (exact) mass is 285 g/mol. The molecule has 1 aromatic heterocycles. The highest BCUT2D eigenvalue weighted by Crippen LogP contribution is 2.20. The number of rotatable bonds is 3. The molecule has 0 aromatic carbocycles. The number of halogens is 3. The van der Waals surface area contributed by atoms with Crippen molar-refractivity contribution in [1.29, 1.82) is 0 Å². The van der Waals surface area contributed by atoms with E-state index in [1.807, 2.05) is 0 Å². The summed E-state index contributed by atoms with van der Waals surface area (Å²) in [6.07, 6.45) is -3.98. The summed E-state index contributed by atoms with van der Waals surface area (Å²) in [5, 5.41) is 0. The van der Waals surface area contributed by atoms with Crippen molar-refractivity contribution in [1.82, 2.24) is 9.88 Å². The lowest BCUT2D eigenvalue weighted by atomic mass is 10.1. The zero-order valence-electron chi connectivity index (χ0n) is 10.9. The van der Waals surface area contributed by atoms with Crippen molar-refractivity contribution in [2.45, 2.75) is 12.6 Å². The predicted molar refractivity (Wildman–Crippen MR) is 67.8 cm³/mol. The van der Waals surface area contributed by atoms with E-state index in [1.165, 1.54) is 13.2 Å². The molecule has 108 valence electrons. The molecule has 0 aliphatic heterocycles. The zero-order valence-corrected chi connectivity index (χ0v) is 10.9. The van der Waals surface area contributed by atoms with Gasteiger partial charge < -0.3 is 10.6 Å². The van der Waals surface area contributed by atoms with Crippen molar-refractivity contribution in [3.63, 3.8) is 0 Å². The fourth-order valence-electron chi connectivity index (χ4n) is 1.40. The maximum atomic E-state index is 12.1. The van der Waals surface area contributed by atoms with Gasteiger partial charge in [0.1, 0.15) is 5.69 Å². The van der Waals surface area contributed by atoms with Crippen LogP contribution in [0.2, 0.25) is 0 Å². The van der Waals surface area contributed by atoms with E-state index in [2.05, 4.69) is 16.8 Å². The molecule has 0 saturated carbocycles. The molecule has 0 fully saturated rings. The molecule has 0 unspecified atom stereocenters. The van der Waals surface area contributed by atoms with E-state index in [1.54, 1.807) is 12.1 Å². The number of alkyl halides is 3. The summed E-state index contributed by atoms with van der Waals surface area (Å²) in [6, 6.07) is 3.16. The molecule has 0 aliphatic rings. The van der Waals surface area contributed by atoms with Crippen molar-refractivity contribution in [3.05, 3.63) is 29.6 Å². The number of carbonyl (C=O) groups is 1. The first-order valence-electron chi connectivity index (χ1n) is 5.81. The smallest absolute Gasteiger partial charge is 0.340 e. The van der Waals surface area contributed by atoms with Gasteiger partial charge in [-0.15, -0.1) is 0 Å². The molecule has 4 nitrogen and oxygen atoms in total. The van der Waals surface area contributed by atoms with Crippen molar-refractivity contribution in [2.24, 2.45) is 5.73 Å². The largest absolute Gasteiger partial charge is 0.390 e. The average Bonchev–Trinajstić information content (AvgIpc) is 2.41. The molecule has 1 heterocycles. The summed E-state index contributed by atoms with van der Waals surface area (Å²) in [5.74, 6) is 4.66. The number of hydrogen-bond donors (Lipinski definition) is 1. The van der Waals surface area contributed by atoms with Gasteiger partial charge in [-0.05, 0) is 12.1 Å². The molecule has 1 rings (SSSR count). The van der Waals surface area contributed by atoms with Crippen molar-refractivity contribution in [2.75, 3.05) is 20.1 Å². The molecule has 0 aliphatic carbocycles. The Morgan fingerprint density at radius 3 is 2.80 bits per heavy atom. The van der Waals surface area contributed by atoms with Gasteiger partial charge in [-0.1, -0.05) is 11.8 Å². The SMILES string of the molecule is CN(CCC(F)(F)F)C(=O)c1ncccc1C#CCN. The quantitative estimate of drug-likeness (QED) is 0.854. The van der Waals surface area contributed by atoms with Crippen LogP contribution in [0, 0.1) is 11.8 Å². The maximum Gasteiger partial charge on any atom is 0.390 e. The highest BCUT2D eigenvalue weighted by molar-refractivity contribution is 5.94. The highest BCUT2D eigenvalue weighted by atomic mass is 19.4. The topological polar surface area (TPSA) is 59.2 Å². The van der Waals surface area contributed by atoms with Gasteiger partial charge in [-0.3, -0.25) is 4.79 Å². The fourth-order valence-corrected chi connectivity index (χ4v) is 1.40. The van der Waals surface area contributed by atoms with Gasteiger partial charge in [0.2, 0.25) is 0 Å². The first-order chi connectivity index (χ1) is 9.35. The van der Waals surface area contributed by atoms with Gasteiger partial charge in [0.05, 0.1) is 18.5 Å². The number of hydrogen-bond acceptors (Lipinski definition) is 3. The van der Waals surface area contributed by atoms with Crippen LogP contribution in [-0.2, 0) is 0 Å². The number of pyridine rings is 1. The summed E-state index contributed by atoms with van der Waals surface area (Å²) in [6.45, 7) is -0.310. The van der Waals surface area contributed by atoms with Gasteiger partial charge in [-0.2, -0.15) is 13.2 Å². The maximum absolute atomic E-state index is 12.1. The second kappa shape index (κ2) is 6.91. The number of nitrogens with two attached hydrogens (primary N) is 1. The lowest BCUT2D eigenvalue weighted by Gasteiger charge is -2.18. The van der Waals surface area contributed by atoms with Crippen LogP contribution in [-0.4, -0.2) is 42.1 Å². The Hall–Kier alpha value is -2.07. The standard InChI is InChI=1S/C13H14F3N3O/c1-19(9-6-13(14,15)16)12(20)11-10(4-2-7-17)5-3-8-18-11/h3,5,8H,6-7,9,17H2,1H3. The molecule has 0 bridgehead atoms. The van der Waals surface area contributed by atoms with E-state index < -0.39 is 25.0 Å². The number of aromatic nitrogens is 1. The summed E-state index contributed by atoms with van der Waals surface area (Å²) in [7, 11) is 1.29. The van der Waals surface area contributed by atoms with Gasteiger partial charge in [0.15, 0.2) is 0 Å². The van der Waals surface area contributed by atoms with Crippen LogP contribution in [0.5, 0.6) is 0 Å². The summed E-state index contributed by atoms with van der Waals surface area (Å²) in [5.41, 5.74) is 5.62. The Labute approximate surface area is 114 Å². The molecule has 1 aromatic rings. The van der Waals surface area contributed by atoms with E-state index in [0.717, 1.165) is 4.90 Å². The molecule has 2 N–H and O–H groups in total. The number of amides is 1. The molecular weight excluding hydrogens is 271 g/mol. The lowest BCUT2D eigenvalue weighted by molar-refractivity contribution is -0.136. The van der Waals surface area contributed by atoms with Crippen LogP contribution in [0.1, 0.15) is 22.5 Å². The summed E-state index contributed by atoms with van der Waals surface area (Å²) < 4.78 is 36.4. The van der Waals surface area contributed by atoms with Crippen LogP contribution >= 0.6 is 0 Å². The van der Waals surface area contributed by atoms with E-state index >= 15 is 0 Å². The fraction of sp³-hybridized carbons (Fsp3) is 0.385. The second-order valence-electron chi connectivity index (χ2n) is 4.00. The van der Waals surface area contributed by atoms with Crippen LogP contribution in [0.3, 0.4) is 0 Å². The molecule has 0 radical (unpaired) electrons. The third kappa shape index (κ3) is 4.90. The van der Waals surface area contributed by atoms with Crippen LogP contribution in [0.15, 0.2) is 18.3 Å². The number of carbonyl (C=O) groups excluding carboxylic acids is 1. The Bertz CT molecular complexity index is 532. The van der Waals surface area contributed by atoms with Crippen LogP contribution in [0.25, 0.3) is 0 Å². The van der Waals surface area contributed by atoms with Gasteiger partial charge in [0, 0.05) is 19.8 Å². The molecule has 20 heavy (non-hydrogen) atoms. The minimum absolute atomic E-state index is 0.0260. The first kappa shape index (κ1) is 16.0. The lowest BCUT2D eigenvalue weighted by Crippen LogP contribution is -2.31. The van der Waals surface area contributed by atoms with E-state index in [-0.39, 0.29) is 12.2 Å². The molecular formula is C13H14F3N3O. The van der Waals surface area contributed by atoms with Crippen molar-refractivity contribution >= 4 is 5.91 Å². The van der Waals surface area contributed by atoms with Gasteiger partial charge in [0.25, 0.3) is 5.91 Å². The van der Waals surface area contributed by atoms with Gasteiger partial charge in [-0.25, -0.2) is 4.98 Å². The normalized spacial score (nSPS) is 10.7. The highest BCUT2D eigenvalue weighted by Gasteiger charge is 2.28. The minimum Gasteiger partial charge on any atom is -0.340 e. The third-order valence-electron chi connectivity index (χ3n) is 2.41. The Balaban J connectivity index is 2.86. The Kier molecular flexibility index (Phi) is 5.53. The summed E-state index contributed by atoms with van der Waals surface area (Å²) in [4.78, 5) is 16.9. The molecule has 7 heteroatoms. The predicted octanol–water partition coefficient (Wildman–Crippen LogP) is 1.42. The minimum atomic E-state index is -4.30. The van der Waals surface area contributed by atoms with Crippen LogP contribution in [0.4, 0.5) is 13.2 Å². The van der Waals surface area contributed by atoms with E-state index in [0.29, 0.717) is 5.56 Å². The molecule has 1 amide bonds. The van der Waals surface area contributed by atoms with Crippen LogP contribution < -0.4 is 5.73 Å². The molecule has 0 atom stereocenters. The second-order valence-corrected chi connectivity index (χ2v) is 4.00. The number of nitrogens with zero attached hydrogens (tertiary/aromatic N) is 2.